The van der Waals surface area contributed by atoms with Crippen LogP contribution in [0.1, 0.15) is 18.9 Å². The van der Waals surface area contributed by atoms with E-state index in [0.29, 0.717) is 11.6 Å². The molecule has 1 heterocycles. The molecule has 0 aliphatic carbocycles. The zero-order valence-corrected chi connectivity index (χ0v) is 12.8. The van der Waals surface area contributed by atoms with E-state index < -0.39 is 12.0 Å². The number of amides is 2. The monoisotopic (exact) mass is 308 g/mol. The third kappa shape index (κ3) is 4.39. The average Bonchev–Trinajstić information content (AvgIpc) is 2.96. The first-order valence-electron chi connectivity index (χ1n) is 6.99. The Morgan fingerprint density at radius 3 is 2.81 bits per heavy atom. The van der Waals surface area contributed by atoms with Crippen LogP contribution in [0.4, 0.5) is 4.79 Å². The fourth-order valence-electron chi connectivity index (χ4n) is 2.24. The standard InChI is InChI=1S/C15H20N2O3S/c1-11(7-8-12-5-3-2-4-6-12)16-15(20)17-10-21-9-13(17)14(18)19/h2-6,11,13H,7-10H2,1H3,(H,16,20)(H,18,19)/t11?,13-/m0/s1. The highest BCUT2D eigenvalue weighted by molar-refractivity contribution is 7.99. The van der Waals surface area contributed by atoms with Crippen molar-refractivity contribution >= 4 is 23.8 Å². The van der Waals surface area contributed by atoms with Gasteiger partial charge in [-0.2, -0.15) is 0 Å². The highest BCUT2D eigenvalue weighted by Crippen LogP contribution is 2.21. The minimum absolute atomic E-state index is 0.0118. The molecule has 1 fully saturated rings. The predicted octanol–water partition coefficient (Wildman–Crippen LogP) is 2.18. The van der Waals surface area contributed by atoms with Crippen molar-refractivity contribution in [1.82, 2.24) is 10.2 Å². The Morgan fingerprint density at radius 1 is 1.43 bits per heavy atom. The first kappa shape index (κ1) is 15.7. The first-order chi connectivity index (χ1) is 10.1. The van der Waals surface area contributed by atoms with E-state index in [-0.39, 0.29) is 12.1 Å². The lowest BCUT2D eigenvalue weighted by molar-refractivity contribution is -0.140. The van der Waals surface area contributed by atoms with Crippen LogP contribution in [-0.4, -0.2) is 45.7 Å². The molecule has 1 unspecified atom stereocenters. The molecule has 1 aromatic carbocycles. The summed E-state index contributed by atoms with van der Waals surface area (Å²) >= 11 is 1.47. The van der Waals surface area contributed by atoms with Gasteiger partial charge in [0.25, 0.3) is 0 Å². The van der Waals surface area contributed by atoms with Gasteiger partial charge in [-0.25, -0.2) is 9.59 Å². The highest BCUT2D eigenvalue weighted by atomic mass is 32.2. The van der Waals surface area contributed by atoms with Crippen molar-refractivity contribution in [3.8, 4) is 0 Å². The second kappa shape index (κ2) is 7.36. The maximum Gasteiger partial charge on any atom is 0.327 e. The predicted molar refractivity (Wildman–Crippen MR) is 83.3 cm³/mol. The average molecular weight is 308 g/mol. The van der Waals surface area contributed by atoms with Crippen molar-refractivity contribution in [3.05, 3.63) is 35.9 Å². The summed E-state index contributed by atoms with van der Waals surface area (Å²) in [6.07, 6.45) is 1.72. The van der Waals surface area contributed by atoms with Gasteiger partial charge in [-0.3, -0.25) is 0 Å². The second-order valence-corrected chi connectivity index (χ2v) is 6.20. The van der Waals surface area contributed by atoms with E-state index in [1.807, 2.05) is 25.1 Å². The van der Waals surface area contributed by atoms with Crippen LogP contribution in [-0.2, 0) is 11.2 Å². The smallest absolute Gasteiger partial charge is 0.327 e. The summed E-state index contributed by atoms with van der Waals surface area (Å²) < 4.78 is 0. The normalized spacial score (nSPS) is 19.3. The van der Waals surface area contributed by atoms with Gasteiger partial charge in [-0.05, 0) is 25.3 Å². The van der Waals surface area contributed by atoms with Crippen molar-refractivity contribution in [2.75, 3.05) is 11.6 Å². The van der Waals surface area contributed by atoms with Crippen LogP contribution >= 0.6 is 11.8 Å². The Balaban J connectivity index is 1.80. The van der Waals surface area contributed by atoms with Crippen LogP contribution in [0, 0.1) is 0 Å². The van der Waals surface area contributed by atoms with E-state index in [1.165, 1.54) is 22.2 Å². The summed E-state index contributed by atoms with van der Waals surface area (Å²) in [4.78, 5) is 24.6. The molecule has 0 saturated carbocycles. The molecule has 1 aliphatic heterocycles. The summed E-state index contributed by atoms with van der Waals surface area (Å²) in [5.74, 6) is -0.0397. The van der Waals surface area contributed by atoms with Crippen LogP contribution in [0.5, 0.6) is 0 Å². The summed E-state index contributed by atoms with van der Waals surface area (Å²) in [5.41, 5.74) is 1.23. The maximum atomic E-state index is 12.1. The van der Waals surface area contributed by atoms with Gasteiger partial charge in [-0.1, -0.05) is 30.3 Å². The minimum Gasteiger partial charge on any atom is -0.480 e. The minimum atomic E-state index is -0.938. The molecule has 21 heavy (non-hydrogen) atoms. The summed E-state index contributed by atoms with van der Waals surface area (Å²) in [7, 11) is 0. The molecule has 6 heteroatoms. The third-order valence-corrected chi connectivity index (χ3v) is 4.52. The Hall–Kier alpha value is -1.69. The molecule has 114 valence electrons. The molecule has 1 saturated heterocycles. The van der Waals surface area contributed by atoms with Gasteiger partial charge in [0.05, 0.1) is 5.88 Å². The van der Waals surface area contributed by atoms with Gasteiger partial charge in [0.2, 0.25) is 0 Å². The molecule has 1 aromatic rings. The number of nitrogens with one attached hydrogen (secondary N) is 1. The number of carbonyl (C=O) groups is 2. The topological polar surface area (TPSA) is 69.6 Å². The molecule has 1 aliphatic rings. The Kier molecular flexibility index (Phi) is 5.50. The molecule has 2 amide bonds. The number of nitrogens with zero attached hydrogens (tertiary/aromatic N) is 1. The number of thioether (sulfide) groups is 1. The highest BCUT2D eigenvalue weighted by Gasteiger charge is 2.34. The lowest BCUT2D eigenvalue weighted by atomic mass is 10.1. The van der Waals surface area contributed by atoms with Crippen molar-refractivity contribution in [2.45, 2.75) is 31.8 Å². The number of hydrogen-bond acceptors (Lipinski definition) is 3. The molecule has 5 nitrogen and oxygen atoms in total. The molecule has 2 rings (SSSR count). The van der Waals surface area contributed by atoms with E-state index in [2.05, 4.69) is 17.4 Å². The fourth-order valence-corrected chi connectivity index (χ4v) is 3.39. The van der Waals surface area contributed by atoms with Crippen molar-refractivity contribution < 1.29 is 14.7 Å². The Morgan fingerprint density at radius 2 is 2.14 bits per heavy atom. The first-order valence-corrected chi connectivity index (χ1v) is 8.15. The summed E-state index contributed by atoms with van der Waals surface area (Å²) in [5, 5.41) is 12.0. The third-order valence-electron chi connectivity index (χ3n) is 3.51. The molecule has 0 aromatic heterocycles. The van der Waals surface area contributed by atoms with Gasteiger partial charge in [0.1, 0.15) is 6.04 Å². The number of carbonyl (C=O) groups excluding carboxylic acids is 1. The van der Waals surface area contributed by atoms with Crippen LogP contribution in [0.3, 0.4) is 0 Å². The number of carboxylic acid groups (broad SMARTS) is 1. The molecule has 0 radical (unpaired) electrons. The number of aryl methyl sites for hydroxylation is 1. The van der Waals surface area contributed by atoms with E-state index in [4.69, 9.17) is 5.11 Å². The van der Waals surface area contributed by atoms with Gasteiger partial charge in [-0.15, -0.1) is 11.8 Å². The largest absolute Gasteiger partial charge is 0.480 e. The van der Waals surface area contributed by atoms with Crippen LogP contribution < -0.4 is 5.32 Å². The van der Waals surface area contributed by atoms with Crippen LogP contribution in [0.25, 0.3) is 0 Å². The molecule has 2 atom stereocenters. The maximum absolute atomic E-state index is 12.1. The molecular formula is C15H20N2O3S. The van der Waals surface area contributed by atoms with E-state index in [9.17, 15) is 9.59 Å². The fraction of sp³-hybridized carbons (Fsp3) is 0.467. The lowest BCUT2D eigenvalue weighted by Gasteiger charge is -2.23. The summed E-state index contributed by atoms with van der Waals surface area (Å²) in [6.45, 7) is 1.94. The second-order valence-electron chi connectivity index (χ2n) is 5.20. The lowest BCUT2D eigenvalue weighted by Crippen LogP contribution is -2.49. The molecular weight excluding hydrogens is 288 g/mol. The zero-order valence-electron chi connectivity index (χ0n) is 12.0. The number of urea groups is 1. The SMILES string of the molecule is CC(CCc1ccccc1)NC(=O)N1CSC[C@H]1C(=O)O. The zero-order chi connectivity index (χ0) is 15.2. The van der Waals surface area contributed by atoms with E-state index in [1.54, 1.807) is 0 Å². The number of hydrogen-bond donors (Lipinski definition) is 2. The Bertz CT molecular complexity index is 495. The molecule has 0 spiro atoms. The van der Waals surface area contributed by atoms with Crippen molar-refractivity contribution in [2.24, 2.45) is 0 Å². The van der Waals surface area contributed by atoms with Crippen LogP contribution in [0.2, 0.25) is 0 Å². The van der Waals surface area contributed by atoms with Gasteiger partial charge < -0.3 is 15.3 Å². The van der Waals surface area contributed by atoms with Crippen molar-refractivity contribution in [1.29, 1.82) is 0 Å². The van der Waals surface area contributed by atoms with E-state index in [0.717, 1.165) is 12.8 Å². The number of aliphatic carboxylic acids is 1. The van der Waals surface area contributed by atoms with Crippen LogP contribution in [0.15, 0.2) is 30.3 Å². The van der Waals surface area contributed by atoms with Gasteiger partial charge in [0.15, 0.2) is 0 Å². The van der Waals surface area contributed by atoms with E-state index >= 15 is 0 Å². The number of carboxylic acids is 1. The molecule has 2 N–H and O–H groups in total. The van der Waals surface area contributed by atoms with Crippen molar-refractivity contribution in [3.63, 3.8) is 0 Å². The van der Waals surface area contributed by atoms with Gasteiger partial charge in [0, 0.05) is 11.8 Å². The molecule has 0 bridgehead atoms. The quantitative estimate of drug-likeness (QED) is 0.875. The van der Waals surface area contributed by atoms with Gasteiger partial charge >= 0.3 is 12.0 Å². The summed E-state index contributed by atoms with van der Waals surface area (Å²) in [6, 6.07) is 9.11. The number of benzene rings is 1. The number of rotatable bonds is 5. The Labute approximate surface area is 128 Å².